The van der Waals surface area contributed by atoms with E-state index in [1.54, 1.807) is 0 Å². The van der Waals surface area contributed by atoms with Gasteiger partial charge in [-0.25, -0.2) is 0 Å². The first-order chi connectivity index (χ1) is 9.67. The summed E-state index contributed by atoms with van der Waals surface area (Å²) in [5.41, 5.74) is 1.84. The maximum absolute atomic E-state index is 11.6. The van der Waals surface area contributed by atoms with Gasteiger partial charge >= 0.3 is 0 Å². The molecule has 3 rings (SSSR count). The molecule has 0 aromatic heterocycles. The Morgan fingerprint density at radius 3 is 2.95 bits per heavy atom. The second kappa shape index (κ2) is 5.55. The fourth-order valence-corrected chi connectivity index (χ4v) is 3.68. The van der Waals surface area contributed by atoms with Gasteiger partial charge in [0.2, 0.25) is 5.91 Å². The van der Waals surface area contributed by atoms with Crippen LogP contribution in [0.15, 0.2) is 22.7 Å². The van der Waals surface area contributed by atoms with Crippen LogP contribution in [0.2, 0.25) is 0 Å². The second-order valence-electron chi connectivity index (χ2n) is 5.48. The molecule has 1 amide bonds. The number of halogens is 1. The average Bonchev–Trinajstić information content (AvgIpc) is 2.72. The molecule has 5 heteroatoms. The van der Waals surface area contributed by atoms with Crippen molar-refractivity contribution in [1.82, 2.24) is 10.2 Å². The highest BCUT2D eigenvalue weighted by molar-refractivity contribution is 9.10. The number of amides is 1. The highest BCUT2D eigenvalue weighted by atomic mass is 79.9. The standard InChI is InChI=1S/C15H16BrN3O/c16-14-5-10(7-17)1-2-11(14)9-19-12-3-4-13(19)8-18-15(20)6-12/h1-2,5,12-13H,3-4,6,8-9H2,(H,18,20). The summed E-state index contributed by atoms with van der Waals surface area (Å²) < 4.78 is 0.972. The topological polar surface area (TPSA) is 56.1 Å². The summed E-state index contributed by atoms with van der Waals surface area (Å²) in [6.07, 6.45) is 2.86. The number of hydrogen-bond donors (Lipinski definition) is 1. The maximum atomic E-state index is 11.6. The van der Waals surface area contributed by atoms with Gasteiger partial charge in [-0.1, -0.05) is 22.0 Å². The molecule has 1 N–H and O–H groups in total. The molecule has 104 valence electrons. The van der Waals surface area contributed by atoms with Crippen molar-refractivity contribution in [2.24, 2.45) is 0 Å². The molecule has 0 saturated carbocycles. The van der Waals surface area contributed by atoms with E-state index in [4.69, 9.17) is 5.26 Å². The third-order valence-corrected chi connectivity index (χ3v) is 5.00. The van der Waals surface area contributed by atoms with Crippen molar-refractivity contribution in [3.63, 3.8) is 0 Å². The highest BCUT2D eigenvalue weighted by Crippen LogP contribution is 2.31. The van der Waals surface area contributed by atoms with Crippen LogP contribution in [-0.2, 0) is 11.3 Å². The minimum absolute atomic E-state index is 0.168. The van der Waals surface area contributed by atoms with E-state index in [-0.39, 0.29) is 5.91 Å². The van der Waals surface area contributed by atoms with E-state index < -0.39 is 0 Å². The third-order valence-electron chi connectivity index (χ3n) is 4.26. The van der Waals surface area contributed by atoms with Crippen LogP contribution in [-0.4, -0.2) is 29.4 Å². The van der Waals surface area contributed by atoms with E-state index in [9.17, 15) is 4.79 Å². The van der Waals surface area contributed by atoms with Gasteiger partial charge in [0.05, 0.1) is 11.6 Å². The zero-order chi connectivity index (χ0) is 14.1. The zero-order valence-corrected chi connectivity index (χ0v) is 12.7. The molecule has 4 nitrogen and oxygen atoms in total. The van der Waals surface area contributed by atoms with Crippen LogP contribution in [0, 0.1) is 11.3 Å². The van der Waals surface area contributed by atoms with Crippen LogP contribution in [0.4, 0.5) is 0 Å². The van der Waals surface area contributed by atoms with E-state index in [1.807, 2.05) is 18.2 Å². The first-order valence-electron chi connectivity index (χ1n) is 6.88. The lowest BCUT2D eigenvalue weighted by molar-refractivity contribution is -0.121. The van der Waals surface area contributed by atoms with Crippen LogP contribution in [0.3, 0.4) is 0 Å². The smallest absolute Gasteiger partial charge is 0.221 e. The van der Waals surface area contributed by atoms with Crippen molar-refractivity contribution in [2.45, 2.75) is 37.9 Å². The fourth-order valence-electron chi connectivity index (χ4n) is 3.17. The molecule has 0 radical (unpaired) electrons. The Balaban J connectivity index is 1.81. The normalized spacial score (nSPS) is 25.9. The molecular formula is C15H16BrN3O. The Kier molecular flexibility index (Phi) is 3.77. The molecule has 0 aliphatic carbocycles. The van der Waals surface area contributed by atoms with Gasteiger partial charge in [-0.15, -0.1) is 0 Å². The minimum atomic E-state index is 0.168. The largest absolute Gasteiger partial charge is 0.354 e. The van der Waals surface area contributed by atoms with Crippen molar-refractivity contribution >= 4 is 21.8 Å². The Hall–Kier alpha value is -1.38. The van der Waals surface area contributed by atoms with E-state index in [0.29, 0.717) is 24.1 Å². The van der Waals surface area contributed by atoms with Gasteiger partial charge in [0.15, 0.2) is 0 Å². The van der Waals surface area contributed by atoms with Crippen LogP contribution < -0.4 is 5.32 Å². The van der Waals surface area contributed by atoms with Gasteiger partial charge < -0.3 is 5.32 Å². The molecule has 2 atom stereocenters. The summed E-state index contributed by atoms with van der Waals surface area (Å²) in [4.78, 5) is 14.1. The summed E-state index contributed by atoms with van der Waals surface area (Å²) in [6.45, 7) is 1.58. The number of carbonyl (C=O) groups is 1. The van der Waals surface area contributed by atoms with E-state index in [2.05, 4.69) is 32.2 Å². The second-order valence-corrected chi connectivity index (χ2v) is 6.34. The lowest BCUT2D eigenvalue weighted by Gasteiger charge is -2.27. The minimum Gasteiger partial charge on any atom is -0.354 e. The van der Waals surface area contributed by atoms with E-state index in [1.165, 1.54) is 5.56 Å². The number of hydrogen-bond acceptors (Lipinski definition) is 3. The molecule has 20 heavy (non-hydrogen) atoms. The van der Waals surface area contributed by atoms with Gasteiger partial charge in [0.25, 0.3) is 0 Å². The zero-order valence-electron chi connectivity index (χ0n) is 11.1. The summed E-state index contributed by atoms with van der Waals surface area (Å²) in [5, 5.41) is 11.9. The predicted molar refractivity (Wildman–Crippen MR) is 78.8 cm³/mol. The molecule has 2 saturated heterocycles. The molecule has 0 spiro atoms. The summed E-state index contributed by atoms with van der Waals surface area (Å²) in [7, 11) is 0. The Morgan fingerprint density at radius 2 is 2.20 bits per heavy atom. The van der Waals surface area contributed by atoms with E-state index in [0.717, 1.165) is 30.4 Å². The van der Waals surface area contributed by atoms with Gasteiger partial charge in [-0.3, -0.25) is 9.69 Å². The molecule has 2 aliphatic rings. The lowest BCUT2D eigenvalue weighted by atomic mass is 10.1. The van der Waals surface area contributed by atoms with Crippen molar-refractivity contribution in [2.75, 3.05) is 6.54 Å². The lowest BCUT2D eigenvalue weighted by Crippen LogP contribution is -2.37. The highest BCUT2D eigenvalue weighted by Gasteiger charge is 2.37. The Labute approximate surface area is 126 Å². The van der Waals surface area contributed by atoms with Crippen molar-refractivity contribution in [3.8, 4) is 6.07 Å². The SMILES string of the molecule is N#Cc1ccc(CN2C3CCC2CC(=O)NC3)c(Br)c1. The van der Waals surface area contributed by atoms with Crippen LogP contribution in [0.25, 0.3) is 0 Å². The number of carbonyl (C=O) groups excluding carboxylic acids is 1. The van der Waals surface area contributed by atoms with Crippen LogP contribution >= 0.6 is 15.9 Å². The van der Waals surface area contributed by atoms with Crippen LogP contribution in [0.5, 0.6) is 0 Å². The Bertz CT molecular complexity index is 581. The number of fused-ring (bicyclic) bond motifs is 2. The van der Waals surface area contributed by atoms with E-state index >= 15 is 0 Å². The first kappa shape index (κ1) is 13.6. The monoisotopic (exact) mass is 333 g/mol. The molecule has 2 aliphatic heterocycles. The molecule has 1 aromatic rings. The quantitative estimate of drug-likeness (QED) is 0.902. The molecule has 2 bridgehead atoms. The van der Waals surface area contributed by atoms with Gasteiger partial charge in [0, 0.05) is 36.1 Å². The summed E-state index contributed by atoms with van der Waals surface area (Å²) >= 11 is 3.55. The molecule has 1 aromatic carbocycles. The van der Waals surface area contributed by atoms with Crippen molar-refractivity contribution in [1.29, 1.82) is 5.26 Å². The molecule has 2 heterocycles. The number of nitrogens with zero attached hydrogens (tertiary/aromatic N) is 2. The van der Waals surface area contributed by atoms with Gasteiger partial charge in [-0.2, -0.15) is 5.26 Å². The predicted octanol–water partition coefficient (Wildman–Crippen LogP) is 2.17. The molecular weight excluding hydrogens is 318 g/mol. The molecule has 2 unspecified atom stereocenters. The number of nitriles is 1. The average molecular weight is 334 g/mol. The Morgan fingerprint density at radius 1 is 1.40 bits per heavy atom. The maximum Gasteiger partial charge on any atom is 0.221 e. The molecule has 2 fully saturated rings. The van der Waals surface area contributed by atoms with Crippen molar-refractivity contribution < 1.29 is 4.79 Å². The number of benzene rings is 1. The first-order valence-corrected chi connectivity index (χ1v) is 7.67. The fraction of sp³-hybridized carbons (Fsp3) is 0.467. The van der Waals surface area contributed by atoms with Crippen molar-refractivity contribution in [3.05, 3.63) is 33.8 Å². The van der Waals surface area contributed by atoms with Crippen LogP contribution in [0.1, 0.15) is 30.4 Å². The van der Waals surface area contributed by atoms with Gasteiger partial charge in [-0.05, 0) is 30.5 Å². The summed E-state index contributed by atoms with van der Waals surface area (Å²) in [5.74, 6) is 0.168. The number of nitrogens with one attached hydrogen (secondary N) is 1. The summed E-state index contributed by atoms with van der Waals surface area (Å²) in [6, 6.07) is 8.65. The third kappa shape index (κ3) is 2.58. The number of rotatable bonds is 2. The van der Waals surface area contributed by atoms with Gasteiger partial charge in [0.1, 0.15) is 0 Å².